The number of nitrogens with zero attached hydrogens (tertiary/aromatic N) is 3. The van der Waals surface area contributed by atoms with Gasteiger partial charge < -0.3 is 10.1 Å². The molecule has 11 heteroatoms. The molecule has 3 aromatic rings. The molecule has 0 bridgehead atoms. The summed E-state index contributed by atoms with van der Waals surface area (Å²) in [6.07, 6.45) is 1.08. The summed E-state index contributed by atoms with van der Waals surface area (Å²) < 4.78 is 18.8. The molecule has 1 heterocycles. The second-order valence-corrected chi connectivity index (χ2v) is 5.59. The van der Waals surface area contributed by atoms with Crippen LogP contribution in [0.1, 0.15) is 10.4 Å². The van der Waals surface area contributed by atoms with Crippen LogP contribution in [-0.4, -0.2) is 27.9 Å². The Kier molecular flexibility index (Phi) is 5.78. The molecule has 0 radical (unpaired) electrons. The van der Waals surface area contributed by atoms with Crippen molar-refractivity contribution in [2.24, 2.45) is 0 Å². The van der Waals surface area contributed by atoms with Crippen LogP contribution in [0.5, 0.6) is 5.75 Å². The fraction of sp³-hybridized carbons (Fsp3) is 0.0556. The van der Waals surface area contributed by atoms with E-state index in [1.807, 2.05) is 0 Å². The summed E-state index contributed by atoms with van der Waals surface area (Å²) in [7, 11) is 1.52. The molecule has 0 aliphatic rings. The van der Waals surface area contributed by atoms with Crippen LogP contribution in [0, 0.1) is 15.9 Å². The van der Waals surface area contributed by atoms with Crippen molar-refractivity contribution in [3.8, 4) is 5.75 Å². The van der Waals surface area contributed by atoms with Crippen LogP contribution >= 0.6 is 0 Å². The summed E-state index contributed by atoms with van der Waals surface area (Å²) in [5.74, 6) is -1.30. The molecular weight excluding hydrogens is 383 g/mol. The molecule has 3 rings (SSSR count). The Morgan fingerprint density at radius 1 is 1.10 bits per heavy atom. The Morgan fingerprint density at radius 2 is 1.79 bits per heavy atom. The monoisotopic (exact) mass is 398 g/mol. The Hall–Kier alpha value is -4.28. The minimum Gasteiger partial charge on any atom is -0.497 e. The fourth-order valence-electron chi connectivity index (χ4n) is 2.37. The Morgan fingerprint density at radius 3 is 2.45 bits per heavy atom. The smallest absolute Gasteiger partial charge is 0.355 e. The second kappa shape index (κ2) is 8.61. The van der Waals surface area contributed by atoms with Crippen molar-refractivity contribution in [2.45, 2.75) is 0 Å². The van der Waals surface area contributed by atoms with Crippen molar-refractivity contribution in [1.82, 2.24) is 15.4 Å². The van der Waals surface area contributed by atoms with Crippen molar-refractivity contribution in [1.29, 1.82) is 0 Å². The number of nitrogens with one attached hydrogen (secondary N) is 3. The summed E-state index contributed by atoms with van der Waals surface area (Å²) in [6, 6.07) is 12.0. The zero-order chi connectivity index (χ0) is 20.8. The molecule has 10 nitrogen and oxygen atoms in total. The number of methoxy groups -OCH3 is 1. The third-order valence-electron chi connectivity index (χ3n) is 3.77. The van der Waals surface area contributed by atoms with Gasteiger partial charge in [0, 0.05) is 5.69 Å². The van der Waals surface area contributed by atoms with Gasteiger partial charge in [-0.1, -0.05) is 12.1 Å². The molecule has 0 fully saturated rings. The second-order valence-electron chi connectivity index (χ2n) is 5.59. The lowest BCUT2D eigenvalue weighted by atomic mass is 10.2. The molecular formula is C18H15FN6O4. The summed E-state index contributed by atoms with van der Waals surface area (Å²) in [5.41, 5.74) is 4.33. The number of halogens is 1. The molecule has 3 N–H and O–H groups in total. The number of hydrogen-bond donors (Lipinski definition) is 3. The predicted molar refractivity (Wildman–Crippen MR) is 102 cm³/mol. The van der Waals surface area contributed by atoms with E-state index >= 15 is 0 Å². The lowest BCUT2D eigenvalue weighted by Crippen LogP contribution is -2.31. The Balaban J connectivity index is 1.82. The van der Waals surface area contributed by atoms with Crippen LogP contribution in [0.15, 0.2) is 54.9 Å². The van der Waals surface area contributed by atoms with Gasteiger partial charge in [0.15, 0.2) is 0 Å². The first kappa shape index (κ1) is 19.5. The maximum absolute atomic E-state index is 13.7. The molecule has 0 saturated carbocycles. The number of anilines is 3. The summed E-state index contributed by atoms with van der Waals surface area (Å²) >= 11 is 0. The summed E-state index contributed by atoms with van der Waals surface area (Å²) in [4.78, 5) is 30.6. The van der Waals surface area contributed by atoms with Crippen LogP contribution in [0.2, 0.25) is 0 Å². The average molecular weight is 398 g/mol. The van der Waals surface area contributed by atoms with E-state index in [0.717, 1.165) is 12.4 Å². The van der Waals surface area contributed by atoms with Crippen molar-refractivity contribution in [3.63, 3.8) is 0 Å². The van der Waals surface area contributed by atoms with E-state index in [-0.39, 0.29) is 17.2 Å². The number of hydrogen-bond acceptors (Lipinski definition) is 8. The predicted octanol–water partition coefficient (Wildman–Crippen LogP) is 3.03. The molecule has 0 unspecified atom stereocenters. The largest absolute Gasteiger partial charge is 0.497 e. The average Bonchev–Trinajstić information content (AvgIpc) is 2.72. The maximum Gasteiger partial charge on any atom is 0.355 e. The van der Waals surface area contributed by atoms with Crippen LogP contribution in [0.4, 0.5) is 27.4 Å². The highest BCUT2D eigenvalue weighted by atomic mass is 19.1. The molecule has 0 atom stereocenters. The third kappa shape index (κ3) is 4.53. The zero-order valence-corrected chi connectivity index (χ0v) is 15.0. The maximum atomic E-state index is 13.7. The first-order chi connectivity index (χ1) is 14.0. The molecule has 1 aromatic heterocycles. The fourth-order valence-corrected chi connectivity index (χ4v) is 2.37. The summed E-state index contributed by atoms with van der Waals surface area (Å²) in [6.45, 7) is 0. The van der Waals surface area contributed by atoms with Gasteiger partial charge in [-0.15, -0.1) is 0 Å². The number of aromatic nitrogens is 2. The van der Waals surface area contributed by atoms with Crippen LogP contribution in [0.3, 0.4) is 0 Å². The highest BCUT2D eigenvalue weighted by molar-refractivity contribution is 5.95. The van der Waals surface area contributed by atoms with Crippen molar-refractivity contribution in [3.05, 3.63) is 76.4 Å². The Bertz CT molecular complexity index is 1040. The number of nitro groups is 1. The number of rotatable bonds is 7. The molecule has 29 heavy (non-hydrogen) atoms. The lowest BCUT2D eigenvalue weighted by Gasteiger charge is -2.11. The number of carbonyl (C=O) groups is 1. The van der Waals surface area contributed by atoms with Crippen LogP contribution in [0.25, 0.3) is 0 Å². The molecule has 0 spiro atoms. The highest BCUT2D eigenvalue weighted by Gasteiger charge is 2.24. The van der Waals surface area contributed by atoms with Crippen molar-refractivity contribution in [2.75, 3.05) is 17.9 Å². The van der Waals surface area contributed by atoms with E-state index in [2.05, 4.69) is 26.1 Å². The lowest BCUT2D eigenvalue weighted by molar-refractivity contribution is -0.383. The number of ether oxygens (including phenoxy) is 1. The van der Waals surface area contributed by atoms with Gasteiger partial charge in [0.2, 0.25) is 11.6 Å². The first-order valence-corrected chi connectivity index (χ1v) is 8.21. The van der Waals surface area contributed by atoms with E-state index in [4.69, 9.17) is 4.74 Å². The standard InChI is InChI=1S/C18H15FN6O4/c1-29-12-8-6-11(7-9-12)22-16-15(25(27)28)17(21-10-20-16)23-24-18(26)13-4-2-3-5-14(13)19/h2-10H,1H3,(H,24,26)(H2,20,21,22,23). The van der Waals surface area contributed by atoms with Gasteiger partial charge in [0.1, 0.15) is 17.9 Å². The van der Waals surface area contributed by atoms with E-state index in [9.17, 15) is 19.3 Å². The van der Waals surface area contributed by atoms with Gasteiger partial charge in [-0.3, -0.25) is 25.8 Å². The third-order valence-corrected chi connectivity index (χ3v) is 3.77. The van der Waals surface area contributed by atoms with Gasteiger partial charge in [0.05, 0.1) is 17.6 Å². The van der Waals surface area contributed by atoms with Gasteiger partial charge in [-0.25, -0.2) is 14.4 Å². The minimum atomic E-state index is -0.819. The number of benzene rings is 2. The zero-order valence-electron chi connectivity index (χ0n) is 15.0. The normalized spacial score (nSPS) is 10.1. The number of amides is 1. The quantitative estimate of drug-likeness (QED) is 0.409. The number of carbonyl (C=O) groups excluding carboxylic acids is 1. The van der Waals surface area contributed by atoms with Crippen molar-refractivity contribution >= 4 is 28.9 Å². The minimum absolute atomic E-state index is 0.0993. The van der Waals surface area contributed by atoms with E-state index in [0.29, 0.717) is 11.4 Å². The highest BCUT2D eigenvalue weighted by Crippen LogP contribution is 2.31. The topological polar surface area (TPSA) is 131 Å². The Labute approximate surface area is 163 Å². The summed E-state index contributed by atoms with van der Waals surface area (Å²) in [5, 5.41) is 14.4. The molecule has 2 aromatic carbocycles. The van der Waals surface area contributed by atoms with Gasteiger partial charge >= 0.3 is 5.69 Å². The molecule has 0 aliphatic carbocycles. The van der Waals surface area contributed by atoms with Crippen LogP contribution in [-0.2, 0) is 0 Å². The molecule has 1 amide bonds. The number of hydrazine groups is 1. The van der Waals surface area contributed by atoms with Crippen LogP contribution < -0.4 is 20.9 Å². The van der Waals surface area contributed by atoms with E-state index < -0.39 is 22.3 Å². The molecule has 0 saturated heterocycles. The SMILES string of the molecule is COc1ccc(Nc2ncnc(NNC(=O)c3ccccc3F)c2[N+](=O)[O-])cc1. The van der Waals surface area contributed by atoms with Gasteiger partial charge in [-0.2, -0.15) is 0 Å². The molecule has 0 aliphatic heterocycles. The molecule has 148 valence electrons. The van der Waals surface area contributed by atoms with Gasteiger partial charge in [-0.05, 0) is 36.4 Å². The van der Waals surface area contributed by atoms with E-state index in [1.165, 1.54) is 25.3 Å². The van der Waals surface area contributed by atoms with E-state index in [1.54, 1.807) is 24.3 Å². The first-order valence-electron chi connectivity index (χ1n) is 8.21. The van der Waals surface area contributed by atoms with Crippen molar-refractivity contribution < 1.29 is 18.8 Å². The van der Waals surface area contributed by atoms with Gasteiger partial charge in [0.25, 0.3) is 5.91 Å².